The number of aryl methyl sites for hydroxylation is 1. The van der Waals surface area contributed by atoms with Crippen molar-refractivity contribution in [3.8, 4) is 0 Å². The average molecular weight is 246 g/mol. The molecule has 1 heterocycles. The molecule has 1 aromatic carbocycles. The van der Waals surface area contributed by atoms with Crippen molar-refractivity contribution >= 4 is 0 Å². The molecule has 0 amide bonds. The van der Waals surface area contributed by atoms with Crippen molar-refractivity contribution < 1.29 is 14.3 Å². The Morgan fingerprint density at radius 1 is 1.00 bits per heavy atom. The van der Waals surface area contributed by atoms with Gasteiger partial charge in [0.2, 0.25) is 0 Å². The lowest BCUT2D eigenvalue weighted by Crippen LogP contribution is -1.96. The van der Waals surface area contributed by atoms with Gasteiger partial charge in [-0.15, -0.1) is 0 Å². The molecule has 0 saturated heterocycles. The second-order valence-electron chi connectivity index (χ2n) is 4.17. The highest BCUT2D eigenvalue weighted by Gasteiger charge is 2.00. The molecule has 0 aliphatic rings. The van der Waals surface area contributed by atoms with Crippen molar-refractivity contribution in [3.05, 3.63) is 59.5 Å². The van der Waals surface area contributed by atoms with Crippen LogP contribution < -0.4 is 0 Å². The molecule has 1 N–H and O–H groups in total. The molecule has 0 spiro atoms. The van der Waals surface area contributed by atoms with Crippen LogP contribution >= 0.6 is 0 Å². The van der Waals surface area contributed by atoms with Gasteiger partial charge >= 0.3 is 0 Å². The van der Waals surface area contributed by atoms with E-state index in [1.807, 2.05) is 12.1 Å². The fourth-order valence-electron chi connectivity index (χ4n) is 1.78. The van der Waals surface area contributed by atoms with Crippen molar-refractivity contribution in [2.24, 2.45) is 0 Å². The molecule has 1 aromatic heterocycles. The lowest BCUT2D eigenvalue weighted by Gasteiger charge is -2.02. The highest BCUT2D eigenvalue weighted by atomic mass is 16.5. The van der Waals surface area contributed by atoms with Gasteiger partial charge in [0.1, 0.15) is 24.7 Å². The van der Waals surface area contributed by atoms with E-state index in [0.29, 0.717) is 19.0 Å². The number of ether oxygens (including phenoxy) is 1. The minimum Gasteiger partial charge on any atom is -0.461 e. The Hall–Kier alpha value is -1.58. The van der Waals surface area contributed by atoms with Crippen LogP contribution in [0.4, 0.5) is 0 Å². The van der Waals surface area contributed by atoms with Crippen molar-refractivity contribution in [2.45, 2.75) is 26.1 Å². The first-order valence-corrected chi connectivity index (χ1v) is 6.18. The maximum Gasteiger partial charge on any atom is 0.129 e. The highest BCUT2D eigenvalue weighted by molar-refractivity contribution is 5.14. The highest BCUT2D eigenvalue weighted by Crippen LogP contribution is 2.09. The molecule has 0 saturated carbocycles. The van der Waals surface area contributed by atoms with Crippen LogP contribution in [0.1, 0.15) is 23.5 Å². The summed E-state index contributed by atoms with van der Waals surface area (Å²) in [5.74, 6) is 1.34. The van der Waals surface area contributed by atoms with Gasteiger partial charge in [-0.3, -0.25) is 0 Å². The second-order valence-corrected chi connectivity index (χ2v) is 4.17. The van der Waals surface area contributed by atoms with Crippen molar-refractivity contribution in [1.29, 1.82) is 0 Å². The van der Waals surface area contributed by atoms with Crippen LogP contribution in [0.25, 0.3) is 0 Å². The smallest absolute Gasteiger partial charge is 0.129 e. The third-order valence-electron chi connectivity index (χ3n) is 2.71. The lowest BCUT2D eigenvalue weighted by atomic mass is 10.1. The van der Waals surface area contributed by atoms with Crippen LogP contribution in [0.15, 0.2) is 46.9 Å². The molecule has 0 unspecified atom stereocenters. The summed E-state index contributed by atoms with van der Waals surface area (Å²) >= 11 is 0. The van der Waals surface area contributed by atoms with Gasteiger partial charge in [0.05, 0.1) is 0 Å². The summed E-state index contributed by atoms with van der Waals surface area (Å²) in [7, 11) is 0. The number of aliphatic hydroxyl groups excluding tert-OH is 1. The second kappa shape index (κ2) is 6.99. The van der Waals surface area contributed by atoms with Crippen LogP contribution in [0.3, 0.4) is 0 Å². The van der Waals surface area contributed by atoms with Gasteiger partial charge < -0.3 is 14.3 Å². The molecule has 0 aliphatic heterocycles. The van der Waals surface area contributed by atoms with Gasteiger partial charge in [0.25, 0.3) is 0 Å². The Kier molecular flexibility index (Phi) is 5.00. The third-order valence-corrected chi connectivity index (χ3v) is 2.71. The SMILES string of the molecule is OCc1ccc(COCCCc2ccccc2)o1. The molecular weight excluding hydrogens is 228 g/mol. The predicted octanol–water partition coefficient (Wildman–Crippen LogP) is 2.92. The van der Waals surface area contributed by atoms with Gasteiger partial charge in [0, 0.05) is 6.61 Å². The van der Waals surface area contributed by atoms with E-state index >= 15 is 0 Å². The maximum atomic E-state index is 8.85. The Balaban J connectivity index is 1.61. The first-order chi connectivity index (χ1) is 8.88. The Morgan fingerprint density at radius 2 is 1.78 bits per heavy atom. The van der Waals surface area contributed by atoms with Crippen molar-refractivity contribution in [3.63, 3.8) is 0 Å². The van der Waals surface area contributed by atoms with Crippen molar-refractivity contribution in [1.82, 2.24) is 0 Å². The molecule has 0 bridgehead atoms. The van der Waals surface area contributed by atoms with E-state index in [1.54, 1.807) is 6.07 Å². The number of benzene rings is 1. The van der Waals surface area contributed by atoms with Gasteiger partial charge in [-0.25, -0.2) is 0 Å². The van der Waals surface area contributed by atoms with Crippen LogP contribution in [0.2, 0.25) is 0 Å². The molecule has 0 radical (unpaired) electrons. The summed E-state index contributed by atoms with van der Waals surface area (Å²) in [6.45, 7) is 1.12. The molecule has 0 atom stereocenters. The molecule has 0 aliphatic carbocycles. The minimum absolute atomic E-state index is 0.0615. The van der Waals surface area contributed by atoms with Crippen LogP contribution in [0, 0.1) is 0 Å². The van der Waals surface area contributed by atoms with E-state index in [-0.39, 0.29) is 6.61 Å². The standard InChI is InChI=1S/C15H18O3/c16-11-14-8-9-15(18-14)12-17-10-4-7-13-5-2-1-3-6-13/h1-3,5-6,8-9,16H,4,7,10-12H2. The topological polar surface area (TPSA) is 42.6 Å². The Labute approximate surface area is 107 Å². The summed E-state index contributed by atoms with van der Waals surface area (Å²) in [6, 6.07) is 14.0. The summed E-state index contributed by atoms with van der Waals surface area (Å²) in [5.41, 5.74) is 1.33. The van der Waals surface area contributed by atoms with Crippen LogP contribution in [-0.2, 0) is 24.4 Å². The minimum atomic E-state index is -0.0615. The third kappa shape index (κ3) is 4.02. The van der Waals surface area contributed by atoms with E-state index in [9.17, 15) is 0 Å². The molecule has 2 aromatic rings. The fourth-order valence-corrected chi connectivity index (χ4v) is 1.78. The monoisotopic (exact) mass is 246 g/mol. The summed E-state index contributed by atoms with van der Waals surface area (Å²) in [4.78, 5) is 0. The van der Waals surface area contributed by atoms with Crippen LogP contribution in [0.5, 0.6) is 0 Å². The van der Waals surface area contributed by atoms with E-state index in [1.165, 1.54) is 5.56 Å². The lowest BCUT2D eigenvalue weighted by molar-refractivity contribution is 0.101. The summed E-state index contributed by atoms with van der Waals surface area (Å²) in [5, 5.41) is 8.85. The van der Waals surface area contributed by atoms with Gasteiger partial charge in [0.15, 0.2) is 0 Å². The van der Waals surface area contributed by atoms with Crippen molar-refractivity contribution in [2.75, 3.05) is 6.61 Å². The van der Waals surface area contributed by atoms with Gasteiger partial charge in [-0.2, -0.15) is 0 Å². The first-order valence-electron chi connectivity index (χ1n) is 6.18. The number of hydrogen-bond donors (Lipinski definition) is 1. The van der Waals surface area contributed by atoms with Gasteiger partial charge in [-0.05, 0) is 30.5 Å². The molecule has 0 fully saturated rings. The molecular formula is C15H18O3. The zero-order valence-corrected chi connectivity index (χ0v) is 10.3. The summed E-state index contributed by atoms with van der Waals surface area (Å²) in [6.07, 6.45) is 2.03. The molecule has 18 heavy (non-hydrogen) atoms. The average Bonchev–Trinajstić information content (AvgIpc) is 2.87. The Bertz CT molecular complexity index is 448. The summed E-state index contributed by atoms with van der Waals surface area (Å²) < 4.78 is 10.8. The molecule has 3 heteroatoms. The zero-order valence-electron chi connectivity index (χ0n) is 10.3. The quantitative estimate of drug-likeness (QED) is 0.764. The largest absolute Gasteiger partial charge is 0.461 e. The van der Waals surface area contributed by atoms with Crippen LogP contribution in [-0.4, -0.2) is 11.7 Å². The van der Waals surface area contributed by atoms with E-state index in [0.717, 1.165) is 18.6 Å². The fraction of sp³-hybridized carbons (Fsp3) is 0.333. The first kappa shape index (κ1) is 12.9. The van der Waals surface area contributed by atoms with E-state index < -0.39 is 0 Å². The number of aliphatic hydroxyl groups is 1. The predicted molar refractivity (Wildman–Crippen MR) is 69.0 cm³/mol. The molecule has 96 valence electrons. The number of rotatable bonds is 7. The zero-order chi connectivity index (χ0) is 12.6. The van der Waals surface area contributed by atoms with Gasteiger partial charge in [-0.1, -0.05) is 30.3 Å². The maximum absolute atomic E-state index is 8.85. The number of hydrogen-bond acceptors (Lipinski definition) is 3. The van der Waals surface area contributed by atoms with E-state index in [4.69, 9.17) is 14.3 Å². The Morgan fingerprint density at radius 3 is 2.50 bits per heavy atom. The number of furan rings is 1. The molecule has 2 rings (SSSR count). The van der Waals surface area contributed by atoms with E-state index in [2.05, 4.69) is 24.3 Å². The molecule has 3 nitrogen and oxygen atoms in total. The normalized spacial score (nSPS) is 10.7.